The van der Waals surface area contributed by atoms with Gasteiger partial charge in [0.25, 0.3) is 0 Å². The van der Waals surface area contributed by atoms with Gasteiger partial charge in [-0.25, -0.2) is 4.98 Å². The van der Waals surface area contributed by atoms with Crippen molar-refractivity contribution < 1.29 is 9.95 Å². The molecular weight excluding hydrogens is 292 g/mol. The van der Waals surface area contributed by atoms with Gasteiger partial charge in [-0.3, -0.25) is 9.72 Å². The minimum atomic E-state index is -0.854. The molecule has 0 bridgehead atoms. The summed E-state index contributed by atoms with van der Waals surface area (Å²) in [6, 6.07) is 10.8. The summed E-state index contributed by atoms with van der Waals surface area (Å²) in [5.41, 5.74) is -0.0300. The van der Waals surface area contributed by atoms with E-state index in [1.54, 1.807) is 46.0 Å². The van der Waals surface area contributed by atoms with Crippen LogP contribution in [0.1, 0.15) is 33.4 Å². The summed E-state index contributed by atoms with van der Waals surface area (Å²) >= 11 is 0. The summed E-state index contributed by atoms with van der Waals surface area (Å²) in [6.45, 7) is 7.06. The van der Waals surface area contributed by atoms with Gasteiger partial charge in [-0.05, 0) is 52.0 Å². The first kappa shape index (κ1) is 15.4. The standard InChI is InChI=1S/C17H19N4O2/c1-16(2)17(3,4)21(23)15(20(16)22)14-10-7-9-13(19-14)12-8-5-6-11-18-12/h5-11H,1-4H3. The van der Waals surface area contributed by atoms with Gasteiger partial charge in [0.2, 0.25) is 0 Å². The maximum atomic E-state index is 12.7. The highest BCUT2D eigenvalue weighted by molar-refractivity contribution is 5.94. The third kappa shape index (κ3) is 2.17. The third-order valence-corrected chi connectivity index (χ3v) is 4.80. The number of amidine groups is 1. The van der Waals surface area contributed by atoms with Crippen molar-refractivity contribution in [3.05, 3.63) is 53.5 Å². The van der Waals surface area contributed by atoms with Crippen LogP contribution in [0.25, 0.3) is 11.4 Å². The van der Waals surface area contributed by atoms with Crippen molar-refractivity contribution in [1.29, 1.82) is 0 Å². The molecule has 3 heterocycles. The Kier molecular flexibility index (Phi) is 3.37. The predicted octanol–water partition coefficient (Wildman–Crippen LogP) is 2.62. The van der Waals surface area contributed by atoms with Crippen LogP contribution in [0.5, 0.6) is 0 Å². The van der Waals surface area contributed by atoms with Crippen molar-refractivity contribution >= 4 is 5.84 Å². The van der Waals surface area contributed by atoms with Crippen molar-refractivity contribution in [2.45, 2.75) is 38.8 Å². The smallest absolute Gasteiger partial charge is 0.335 e. The maximum Gasteiger partial charge on any atom is 0.335 e. The van der Waals surface area contributed by atoms with Crippen molar-refractivity contribution in [1.82, 2.24) is 15.0 Å². The monoisotopic (exact) mass is 311 g/mol. The summed E-state index contributed by atoms with van der Waals surface area (Å²) < 4.78 is 0.768. The molecule has 6 nitrogen and oxygen atoms in total. The normalized spacial score (nSPS) is 19.3. The number of hydrogen-bond acceptors (Lipinski definition) is 4. The molecule has 0 spiro atoms. The topological polar surface area (TPSA) is 75.0 Å². The molecule has 0 aromatic carbocycles. The van der Waals surface area contributed by atoms with E-state index in [1.807, 2.05) is 24.3 Å². The highest BCUT2D eigenvalue weighted by Gasteiger charge is 2.60. The number of nitrogens with zero attached hydrogens (tertiary/aromatic N) is 4. The molecule has 0 atom stereocenters. The van der Waals surface area contributed by atoms with Crippen LogP contribution in [0.4, 0.5) is 0 Å². The average molecular weight is 311 g/mol. The number of hydroxylamine groups is 3. The second-order valence-corrected chi connectivity index (χ2v) is 6.65. The lowest BCUT2D eigenvalue weighted by Crippen LogP contribution is -2.53. The summed E-state index contributed by atoms with van der Waals surface area (Å²) in [5.74, 6) is 0.0396. The second-order valence-electron chi connectivity index (χ2n) is 6.65. The Labute approximate surface area is 135 Å². The van der Waals surface area contributed by atoms with E-state index < -0.39 is 11.1 Å². The average Bonchev–Trinajstić information content (AvgIpc) is 2.66. The van der Waals surface area contributed by atoms with Gasteiger partial charge in [-0.2, -0.15) is 0 Å². The molecular formula is C17H19N4O2. The summed E-state index contributed by atoms with van der Waals surface area (Å²) in [6.07, 6.45) is 1.68. The first-order valence-corrected chi connectivity index (χ1v) is 7.47. The molecule has 0 N–H and O–H groups in total. The molecule has 0 fully saturated rings. The highest BCUT2D eigenvalue weighted by Crippen LogP contribution is 2.37. The fourth-order valence-electron chi connectivity index (χ4n) is 2.53. The van der Waals surface area contributed by atoms with Crippen LogP contribution in [-0.2, 0) is 5.21 Å². The molecule has 23 heavy (non-hydrogen) atoms. The van der Waals surface area contributed by atoms with Crippen molar-refractivity contribution in [3.8, 4) is 11.4 Å². The third-order valence-electron chi connectivity index (χ3n) is 4.80. The van der Waals surface area contributed by atoms with Crippen LogP contribution in [0.2, 0.25) is 0 Å². The van der Waals surface area contributed by atoms with Gasteiger partial charge in [-0.1, -0.05) is 17.2 Å². The van der Waals surface area contributed by atoms with Gasteiger partial charge in [-0.15, -0.1) is 0 Å². The van der Waals surface area contributed by atoms with Crippen LogP contribution < -0.4 is 0 Å². The van der Waals surface area contributed by atoms with Crippen LogP contribution in [0.3, 0.4) is 0 Å². The number of pyridine rings is 2. The molecule has 6 heteroatoms. The quantitative estimate of drug-likeness (QED) is 0.631. The number of rotatable bonds is 2. The molecule has 0 saturated carbocycles. The molecule has 2 aromatic rings. The Morgan fingerprint density at radius 3 is 2.22 bits per heavy atom. The second kappa shape index (κ2) is 5.03. The van der Waals surface area contributed by atoms with E-state index in [0.717, 1.165) is 9.80 Å². The lowest BCUT2D eigenvalue weighted by Gasteiger charge is -2.32. The largest absolute Gasteiger partial charge is 0.714 e. The molecule has 0 unspecified atom stereocenters. The fraction of sp³-hybridized carbons (Fsp3) is 0.353. The lowest BCUT2D eigenvalue weighted by atomic mass is 9.84. The molecule has 1 aliphatic heterocycles. The fourth-order valence-corrected chi connectivity index (χ4v) is 2.53. The Balaban J connectivity index is 2.12. The Morgan fingerprint density at radius 1 is 1.00 bits per heavy atom. The minimum Gasteiger partial charge on any atom is -0.714 e. The van der Waals surface area contributed by atoms with Crippen LogP contribution in [0.15, 0.2) is 42.6 Å². The van der Waals surface area contributed by atoms with Gasteiger partial charge >= 0.3 is 5.84 Å². The van der Waals surface area contributed by atoms with Crippen LogP contribution >= 0.6 is 0 Å². The van der Waals surface area contributed by atoms with Crippen molar-refractivity contribution in [2.24, 2.45) is 0 Å². The van der Waals surface area contributed by atoms with Crippen LogP contribution in [-0.4, -0.2) is 36.7 Å². The zero-order chi connectivity index (χ0) is 16.8. The molecule has 1 radical (unpaired) electrons. The zero-order valence-corrected chi connectivity index (χ0v) is 13.6. The Hall–Kier alpha value is -2.47. The van der Waals surface area contributed by atoms with E-state index in [4.69, 9.17) is 0 Å². The van der Waals surface area contributed by atoms with Gasteiger partial charge in [0, 0.05) is 11.4 Å². The first-order valence-electron chi connectivity index (χ1n) is 7.47. The molecule has 119 valence electrons. The van der Waals surface area contributed by atoms with Gasteiger partial charge in [0.1, 0.15) is 5.54 Å². The highest BCUT2D eigenvalue weighted by atomic mass is 16.5. The molecule has 3 rings (SSSR count). The van der Waals surface area contributed by atoms with Crippen LogP contribution in [0, 0.1) is 5.21 Å². The summed E-state index contributed by atoms with van der Waals surface area (Å²) in [5, 5.41) is 26.1. The minimum absolute atomic E-state index is 0.0396. The van der Waals surface area contributed by atoms with Gasteiger partial charge in [0.05, 0.1) is 11.4 Å². The maximum absolute atomic E-state index is 12.7. The first-order chi connectivity index (χ1) is 10.8. The Morgan fingerprint density at radius 2 is 1.65 bits per heavy atom. The zero-order valence-electron chi connectivity index (χ0n) is 13.6. The van der Waals surface area contributed by atoms with Crippen molar-refractivity contribution in [3.63, 3.8) is 0 Å². The molecule has 0 aliphatic carbocycles. The number of hydrogen-bond donors (Lipinski definition) is 0. The van der Waals surface area contributed by atoms with E-state index in [1.165, 1.54) is 0 Å². The van der Waals surface area contributed by atoms with E-state index >= 15 is 0 Å². The van der Waals surface area contributed by atoms with E-state index in [2.05, 4.69) is 9.97 Å². The lowest BCUT2D eigenvalue weighted by molar-refractivity contribution is -0.539. The summed E-state index contributed by atoms with van der Waals surface area (Å²) in [7, 11) is 0. The van der Waals surface area contributed by atoms with Gasteiger partial charge in [0.15, 0.2) is 11.2 Å². The molecule has 1 aliphatic rings. The van der Waals surface area contributed by atoms with Crippen molar-refractivity contribution in [2.75, 3.05) is 0 Å². The molecule has 0 saturated heterocycles. The SMILES string of the molecule is CC1(C)N([O])C(c2cccc(-c3ccccn3)n2)=[N+]([O-])C1(C)C. The van der Waals surface area contributed by atoms with E-state index in [0.29, 0.717) is 17.1 Å². The van der Waals surface area contributed by atoms with Gasteiger partial charge < -0.3 is 5.21 Å². The predicted molar refractivity (Wildman–Crippen MR) is 85.9 cm³/mol. The number of aromatic nitrogens is 2. The molecule has 2 aromatic heterocycles. The Bertz CT molecular complexity index is 769. The van der Waals surface area contributed by atoms with E-state index in [9.17, 15) is 10.4 Å². The molecule has 0 amide bonds. The summed E-state index contributed by atoms with van der Waals surface area (Å²) in [4.78, 5) is 8.73. The van der Waals surface area contributed by atoms with E-state index in [-0.39, 0.29) is 5.84 Å².